The van der Waals surface area contributed by atoms with Crippen LogP contribution in [0.3, 0.4) is 0 Å². The van der Waals surface area contributed by atoms with Crippen molar-refractivity contribution in [2.75, 3.05) is 23.9 Å². The molecule has 0 fully saturated rings. The summed E-state index contributed by atoms with van der Waals surface area (Å²) in [5.74, 6) is 3.77. The number of benzene rings is 2. The highest BCUT2D eigenvalue weighted by Gasteiger charge is 2.23. The van der Waals surface area contributed by atoms with Crippen molar-refractivity contribution in [2.24, 2.45) is 0 Å². The molecule has 4 heterocycles. The second-order valence-electron chi connectivity index (χ2n) is 9.93. The molecule has 200 valence electrons. The van der Waals surface area contributed by atoms with Crippen LogP contribution in [0.25, 0.3) is 16.1 Å². The van der Waals surface area contributed by atoms with E-state index in [1.54, 1.807) is 18.4 Å². The number of ether oxygens (including phenoxy) is 1. The van der Waals surface area contributed by atoms with E-state index >= 15 is 0 Å². The molecule has 0 spiro atoms. The van der Waals surface area contributed by atoms with Gasteiger partial charge in [0.15, 0.2) is 5.82 Å². The number of methoxy groups -OCH3 is 1. The number of aryl methyl sites for hydroxylation is 1. The van der Waals surface area contributed by atoms with Crippen molar-refractivity contribution >= 4 is 27.9 Å². The van der Waals surface area contributed by atoms with Crippen molar-refractivity contribution in [1.29, 1.82) is 0 Å². The standard InChI is InChI=1S/C30H28N8OS/c1-19-33-34-28-18-37(14-15-38(19)28)27-5-3-4-26(32-27)24-13-10-21-8-9-22(16-25(21)24)29-35-36-30(40-29)31-17-20-6-11-23(39-2)12-7-20/h3-9,11-13,16H,10,14-15,17-18H2,1-2H3,(H,31,36). The van der Waals surface area contributed by atoms with Crippen LogP contribution in [-0.2, 0) is 26.1 Å². The summed E-state index contributed by atoms with van der Waals surface area (Å²) in [7, 11) is 1.67. The molecule has 0 saturated heterocycles. The summed E-state index contributed by atoms with van der Waals surface area (Å²) in [6, 6.07) is 20.8. The Balaban J connectivity index is 1.09. The topological polar surface area (TPSA) is 93.9 Å². The van der Waals surface area contributed by atoms with Crippen molar-refractivity contribution in [3.63, 3.8) is 0 Å². The van der Waals surface area contributed by atoms with Gasteiger partial charge in [0, 0.05) is 30.8 Å². The predicted octanol–water partition coefficient (Wildman–Crippen LogP) is 5.13. The number of fused-ring (bicyclic) bond motifs is 2. The zero-order valence-electron chi connectivity index (χ0n) is 22.3. The SMILES string of the molecule is COc1ccc(CNc2nnc(-c3ccc4c(c3)C(c3cccc(N5CCn6c(C)nnc6C5)n3)=CC4)s2)cc1. The molecule has 2 aliphatic rings. The monoisotopic (exact) mass is 548 g/mol. The lowest BCUT2D eigenvalue weighted by Crippen LogP contribution is -2.34. The van der Waals surface area contributed by atoms with E-state index in [1.165, 1.54) is 11.1 Å². The zero-order chi connectivity index (χ0) is 27.1. The molecular weight excluding hydrogens is 520 g/mol. The zero-order valence-corrected chi connectivity index (χ0v) is 23.1. The smallest absolute Gasteiger partial charge is 0.206 e. The summed E-state index contributed by atoms with van der Waals surface area (Å²) < 4.78 is 7.43. The van der Waals surface area contributed by atoms with Crippen LogP contribution >= 0.6 is 11.3 Å². The third kappa shape index (κ3) is 4.60. The molecule has 2 aromatic carbocycles. The van der Waals surface area contributed by atoms with Crippen molar-refractivity contribution in [1.82, 2.24) is 29.9 Å². The minimum atomic E-state index is 0.673. The molecule has 10 heteroatoms. The lowest BCUT2D eigenvalue weighted by molar-refractivity contribution is 0.414. The van der Waals surface area contributed by atoms with Gasteiger partial charge in [-0.15, -0.1) is 20.4 Å². The van der Waals surface area contributed by atoms with Crippen LogP contribution in [0.15, 0.2) is 66.7 Å². The Morgan fingerprint density at radius 1 is 0.975 bits per heavy atom. The van der Waals surface area contributed by atoms with Gasteiger partial charge in [-0.05, 0) is 60.4 Å². The van der Waals surface area contributed by atoms with Gasteiger partial charge in [0.25, 0.3) is 0 Å². The molecule has 0 radical (unpaired) electrons. The Bertz CT molecular complexity index is 1720. The molecule has 3 aromatic heterocycles. The van der Waals surface area contributed by atoms with Gasteiger partial charge in [0.2, 0.25) is 5.13 Å². The van der Waals surface area contributed by atoms with Crippen molar-refractivity contribution in [2.45, 2.75) is 33.0 Å². The molecule has 40 heavy (non-hydrogen) atoms. The third-order valence-electron chi connectivity index (χ3n) is 7.47. The highest BCUT2D eigenvalue weighted by atomic mass is 32.1. The number of rotatable bonds is 7. The fourth-order valence-corrected chi connectivity index (χ4v) is 6.02. The fraction of sp³-hybridized carbons (Fsp3) is 0.233. The molecule has 0 unspecified atom stereocenters. The van der Waals surface area contributed by atoms with E-state index in [0.29, 0.717) is 13.1 Å². The summed E-state index contributed by atoms with van der Waals surface area (Å²) in [6.07, 6.45) is 3.17. The Morgan fingerprint density at radius 2 is 1.88 bits per heavy atom. The average molecular weight is 549 g/mol. The van der Waals surface area contributed by atoms with E-state index in [-0.39, 0.29) is 0 Å². The fourth-order valence-electron chi connectivity index (χ4n) is 5.28. The molecular formula is C30H28N8OS. The molecule has 7 rings (SSSR count). The third-order valence-corrected chi connectivity index (χ3v) is 8.40. The van der Waals surface area contributed by atoms with Crippen LogP contribution in [0.4, 0.5) is 10.9 Å². The maximum Gasteiger partial charge on any atom is 0.206 e. The summed E-state index contributed by atoms with van der Waals surface area (Å²) in [5, 5.41) is 22.5. The number of nitrogens with zero attached hydrogens (tertiary/aromatic N) is 7. The van der Waals surface area contributed by atoms with Gasteiger partial charge >= 0.3 is 0 Å². The minimum absolute atomic E-state index is 0.673. The van der Waals surface area contributed by atoms with E-state index < -0.39 is 0 Å². The maximum atomic E-state index is 5.24. The highest BCUT2D eigenvalue weighted by Crippen LogP contribution is 2.37. The molecule has 9 nitrogen and oxygen atoms in total. The van der Waals surface area contributed by atoms with Crippen molar-refractivity contribution in [3.8, 4) is 16.3 Å². The lowest BCUT2D eigenvalue weighted by Gasteiger charge is -2.28. The van der Waals surface area contributed by atoms with Gasteiger partial charge in [0.1, 0.15) is 22.4 Å². The summed E-state index contributed by atoms with van der Waals surface area (Å²) in [5.41, 5.74) is 6.87. The van der Waals surface area contributed by atoms with Crippen molar-refractivity contribution < 1.29 is 4.74 Å². The number of anilines is 2. The van der Waals surface area contributed by atoms with Crippen LogP contribution in [0.2, 0.25) is 0 Å². The van der Waals surface area contributed by atoms with Crippen LogP contribution in [0.1, 0.15) is 34.0 Å². The predicted molar refractivity (Wildman–Crippen MR) is 156 cm³/mol. The first-order chi connectivity index (χ1) is 19.6. The normalized spacial score (nSPS) is 14.1. The minimum Gasteiger partial charge on any atom is -0.497 e. The second kappa shape index (κ2) is 10.2. The molecule has 1 aliphatic heterocycles. The largest absolute Gasteiger partial charge is 0.497 e. The van der Waals surface area contributed by atoms with Crippen LogP contribution < -0.4 is 15.0 Å². The quantitative estimate of drug-likeness (QED) is 0.299. The van der Waals surface area contributed by atoms with Crippen LogP contribution in [-0.4, -0.2) is 43.6 Å². The number of hydrogen-bond donors (Lipinski definition) is 1. The van der Waals surface area contributed by atoms with Gasteiger partial charge in [-0.25, -0.2) is 4.98 Å². The van der Waals surface area contributed by atoms with Gasteiger partial charge in [-0.2, -0.15) is 0 Å². The number of nitrogens with one attached hydrogen (secondary N) is 1. The van der Waals surface area contributed by atoms with Crippen LogP contribution in [0, 0.1) is 6.92 Å². The Labute approximate surface area is 236 Å². The second-order valence-corrected chi connectivity index (χ2v) is 10.9. The first kappa shape index (κ1) is 24.5. The molecule has 1 aliphatic carbocycles. The summed E-state index contributed by atoms with van der Waals surface area (Å²) >= 11 is 1.56. The van der Waals surface area contributed by atoms with E-state index in [4.69, 9.17) is 9.72 Å². The first-order valence-electron chi connectivity index (χ1n) is 13.3. The van der Waals surface area contributed by atoms with E-state index in [1.807, 2.05) is 31.2 Å². The Morgan fingerprint density at radius 3 is 2.75 bits per heavy atom. The van der Waals surface area contributed by atoms with Crippen molar-refractivity contribution in [3.05, 3.63) is 101 Å². The molecule has 0 atom stereocenters. The molecule has 0 bridgehead atoms. The summed E-state index contributed by atoms with van der Waals surface area (Å²) in [4.78, 5) is 7.36. The Hall–Kier alpha value is -4.57. The number of hydrogen-bond acceptors (Lipinski definition) is 9. The van der Waals surface area contributed by atoms with Gasteiger partial charge < -0.3 is 19.5 Å². The average Bonchev–Trinajstić information content (AvgIpc) is 3.74. The van der Waals surface area contributed by atoms with E-state index in [2.05, 4.69) is 77.7 Å². The molecule has 1 N–H and O–H groups in total. The highest BCUT2D eigenvalue weighted by molar-refractivity contribution is 7.18. The number of allylic oxidation sites excluding steroid dienone is 1. The van der Waals surface area contributed by atoms with Gasteiger partial charge in [0.05, 0.1) is 19.3 Å². The van der Waals surface area contributed by atoms with Crippen LogP contribution in [0.5, 0.6) is 5.75 Å². The number of pyridine rings is 1. The van der Waals surface area contributed by atoms with E-state index in [9.17, 15) is 0 Å². The van der Waals surface area contributed by atoms with Gasteiger partial charge in [-0.1, -0.05) is 47.7 Å². The molecule has 5 aromatic rings. The first-order valence-corrected chi connectivity index (χ1v) is 14.1. The molecule has 0 saturated carbocycles. The maximum absolute atomic E-state index is 5.24. The van der Waals surface area contributed by atoms with E-state index in [0.717, 1.165) is 75.3 Å². The molecule has 0 amide bonds. The van der Waals surface area contributed by atoms with Gasteiger partial charge in [-0.3, -0.25) is 0 Å². The Kier molecular flexibility index (Phi) is 6.24. The lowest BCUT2D eigenvalue weighted by atomic mass is 10.00. The summed E-state index contributed by atoms with van der Waals surface area (Å²) in [6.45, 7) is 5.14. The number of aromatic nitrogens is 6.